The molecule has 4 aliphatic heterocycles. The summed E-state index contributed by atoms with van der Waals surface area (Å²) in [6.45, 7) is 3.01. The standard InChI is InChI=1S/C31H33N3O5S/c1-30-14-6-16-32(20-21-8-4-3-5-9-21)27(36)24(30)25-28(37)34(18-19-35)26-29(38)33(17-7-15-31(25,26)40-30)22-10-12-23(39-2)13-11-22/h3-15,24-26,35H,16-20H2,1-2H3/t24-,25-,26?,30+,31-/m0/s1. The summed E-state index contributed by atoms with van der Waals surface area (Å²) in [5.74, 6) is -1.25. The zero-order valence-corrected chi connectivity index (χ0v) is 23.4. The fraction of sp³-hybridized carbons (Fsp3) is 0.387. The topological polar surface area (TPSA) is 90.4 Å². The molecule has 9 heteroatoms. The van der Waals surface area contributed by atoms with E-state index in [0.29, 0.717) is 31.1 Å². The van der Waals surface area contributed by atoms with Crippen LogP contribution in [-0.4, -0.2) is 81.5 Å². The number of rotatable bonds is 6. The summed E-state index contributed by atoms with van der Waals surface area (Å²) in [6.07, 6.45) is 8.01. The van der Waals surface area contributed by atoms with Crippen molar-refractivity contribution in [1.29, 1.82) is 0 Å². The van der Waals surface area contributed by atoms with Crippen LogP contribution >= 0.6 is 11.8 Å². The largest absolute Gasteiger partial charge is 0.497 e. The van der Waals surface area contributed by atoms with E-state index in [2.05, 4.69) is 6.08 Å². The molecule has 2 aromatic rings. The summed E-state index contributed by atoms with van der Waals surface area (Å²) in [5, 5.41) is 9.94. The van der Waals surface area contributed by atoms with E-state index < -0.39 is 27.4 Å². The Hall–Kier alpha value is -3.56. The predicted octanol–water partition coefficient (Wildman–Crippen LogP) is 2.88. The second-order valence-electron chi connectivity index (χ2n) is 10.9. The van der Waals surface area contributed by atoms with Gasteiger partial charge in [0.2, 0.25) is 11.8 Å². The predicted molar refractivity (Wildman–Crippen MR) is 154 cm³/mol. The average Bonchev–Trinajstić information content (AvgIpc) is 3.22. The van der Waals surface area contributed by atoms with Gasteiger partial charge < -0.3 is 24.5 Å². The molecule has 4 heterocycles. The van der Waals surface area contributed by atoms with Gasteiger partial charge in [-0.2, -0.15) is 0 Å². The van der Waals surface area contributed by atoms with E-state index in [9.17, 15) is 19.5 Å². The first-order valence-electron chi connectivity index (χ1n) is 13.6. The molecule has 2 saturated heterocycles. The van der Waals surface area contributed by atoms with Gasteiger partial charge in [0.25, 0.3) is 5.91 Å². The lowest BCUT2D eigenvalue weighted by Crippen LogP contribution is -2.54. The van der Waals surface area contributed by atoms with Crippen LogP contribution in [0, 0.1) is 11.8 Å². The molecule has 3 amide bonds. The molecular formula is C31H33N3O5S. The molecule has 1 spiro atoms. The minimum Gasteiger partial charge on any atom is -0.497 e. The van der Waals surface area contributed by atoms with Crippen LogP contribution in [0.5, 0.6) is 5.75 Å². The first kappa shape index (κ1) is 26.7. The highest BCUT2D eigenvalue weighted by Gasteiger charge is 2.73. The number of ether oxygens (including phenoxy) is 1. The van der Waals surface area contributed by atoms with Crippen molar-refractivity contribution in [1.82, 2.24) is 9.80 Å². The maximum Gasteiger partial charge on any atom is 0.251 e. The Kier molecular flexibility index (Phi) is 6.74. The number of β-amino-alcohol motifs (C(OH)–C–C–N with tert-alkyl or cyclic N) is 1. The van der Waals surface area contributed by atoms with E-state index in [1.54, 1.807) is 35.9 Å². The fourth-order valence-corrected chi connectivity index (χ4v) is 9.02. The second-order valence-corrected chi connectivity index (χ2v) is 12.7. The molecule has 0 radical (unpaired) electrons. The number of carbonyl (C=O) groups is 3. The maximum atomic E-state index is 14.4. The van der Waals surface area contributed by atoms with Gasteiger partial charge in [-0.05, 0) is 36.8 Å². The van der Waals surface area contributed by atoms with Crippen molar-refractivity contribution in [3.8, 4) is 5.75 Å². The van der Waals surface area contributed by atoms with Crippen LogP contribution in [0.25, 0.3) is 0 Å². The van der Waals surface area contributed by atoms with Crippen molar-refractivity contribution in [2.45, 2.75) is 29.0 Å². The lowest BCUT2D eigenvalue weighted by Gasteiger charge is -2.36. The van der Waals surface area contributed by atoms with E-state index in [0.717, 1.165) is 5.56 Å². The Labute approximate surface area is 238 Å². The monoisotopic (exact) mass is 559 g/mol. The Bertz CT molecular complexity index is 1380. The Morgan fingerprint density at radius 2 is 1.65 bits per heavy atom. The highest BCUT2D eigenvalue weighted by Crippen LogP contribution is 2.65. The van der Waals surface area contributed by atoms with Gasteiger partial charge in [-0.25, -0.2) is 0 Å². The third kappa shape index (κ3) is 4.06. The molecule has 0 saturated carbocycles. The van der Waals surface area contributed by atoms with Gasteiger partial charge in [0.15, 0.2) is 0 Å². The molecule has 6 rings (SSSR count). The van der Waals surface area contributed by atoms with Crippen molar-refractivity contribution < 1.29 is 24.2 Å². The van der Waals surface area contributed by atoms with Gasteiger partial charge in [0, 0.05) is 36.6 Å². The number of benzene rings is 2. The van der Waals surface area contributed by atoms with Crippen molar-refractivity contribution in [2.75, 3.05) is 38.3 Å². The quantitative estimate of drug-likeness (QED) is 0.548. The number of anilines is 1. The van der Waals surface area contributed by atoms with Crippen LogP contribution in [-0.2, 0) is 20.9 Å². The molecule has 208 valence electrons. The van der Waals surface area contributed by atoms with Crippen LogP contribution < -0.4 is 9.64 Å². The lowest BCUT2D eigenvalue weighted by molar-refractivity contribution is -0.144. The Balaban J connectivity index is 1.41. The van der Waals surface area contributed by atoms with Crippen molar-refractivity contribution in [3.63, 3.8) is 0 Å². The minimum atomic E-state index is -0.945. The number of nitrogens with zero attached hydrogens (tertiary/aromatic N) is 3. The Morgan fingerprint density at radius 1 is 0.925 bits per heavy atom. The number of aliphatic hydroxyl groups excluding tert-OH is 1. The lowest BCUT2D eigenvalue weighted by atomic mass is 9.74. The molecule has 4 aliphatic rings. The number of carbonyl (C=O) groups excluding carboxylic acids is 3. The third-order valence-corrected chi connectivity index (χ3v) is 10.4. The second kappa shape index (κ2) is 10.1. The molecule has 0 bridgehead atoms. The van der Waals surface area contributed by atoms with Crippen LogP contribution in [0.3, 0.4) is 0 Å². The molecule has 0 aromatic heterocycles. The number of aliphatic hydroxyl groups is 1. The first-order chi connectivity index (χ1) is 19.3. The first-order valence-corrected chi connectivity index (χ1v) is 14.4. The van der Waals surface area contributed by atoms with E-state index in [4.69, 9.17) is 4.74 Å². The van der Waals surface area contributed by atoms with Gasteiger partial charge in [-0.1, -0.05) is 54.6 Å². The van der Waals surface area contributed by atoms with E-state index in [-0.39, 0.29) is 30.9 Å². The molecule has 40 heavy (non-hydrogen) atoms. The summed E-state index contributed by atoms with van der Waals surface area (Å²) >= 11 is 1.55. The highest BCUT2D eigenvalue weighted by atomic mass is 32.2. The summed E-state index contributed by atoms with van der Waals surface area (Å²) in [5.41, 5.74) is 1.71. The van der Waals surface area contributed by atoms with Crippen molar-refractivity contribution in [3.05, 3.63) is 84.5 Å². The van der Waals surface area contributed by atoms with E-state index in [1.807, 2.05) is 72.5 Å². The Morgan fingerprint density at radius 3 is 2.35 bits per heavy atom. The van der Waals surface area contributed by atoms with Crippen molar-refractivity contribution in [2.24, 2.45) is 11.8 Å². The van der Waals surface area contributed by atoms with Gasteiger partial charge in [0.1, 0.15) is 11.8 Å². The molecule has 1 unspecified atom stereocenters. The van der Waals surface area contributed by atoms with Gasteiger partial charge >= 0.3 is 0 Å². The highest BCUT2D eigenvalue weighted by molar-refractivity contribution is 8.02. The number of likely N-dealkylation sites (tertiary alicyclic amines) is 1. The molecule has 2 aromatic carbocycles. The number of hydrogen-bond donors (Lipinski definition) is 1. The van der Waals surface area contributed by atoms with Crippen LogP contribution in [0.1, 0.15) is 12.5 Å². The van der Waals surface area contributed by atoms with Crippen LogP contribution in [0.4, 0.5) is 5.69 Å². The summed E-state index contributed by atoms with van der Waals surface area (Å²) < 4.78 is 3.67. The van der Waals surface area contributed by atoms with E-state index >= 15 is 0 Å². The molecule has 8 nitrogen and oxygen atoms in total. The normalized spacial score (nSPS) is 31.1. The molecule has 5 atom stereocenters. The third-order valence-electron chi connectivity index (χ3n) is 8.58. The smallest absolute Gasteiger partial charge is 0.251 e. The number of thioether (sulfide) groups is 1. The average molecular weight is 560 g/mol. The number of hydrogen-bond acceptors (Lipinski definition) is 6. The van der Waals surface area contributed by atoms with Crippen molar-refractivity contribution >= 4 is 35.2 Å². The summed E-state index contributed by atoms with van der Waals surface area (Å²) in [4.78, 5) is 47.9. The van der Waals surface area contributed by atoms with Gasteiger partial charge in [-0.15, -0.1) is 11.8 Å². The fourth-order valence-electron chi connectivity index (χ4n) is 6.86. The van der Waals surface area contributed by atoms with Gasteiger partial charge in [0.05, 0.1) is 30.3 Å². The van der Waals surface area contributed by atoms with E-state index in [1.165, 1.54) is 4.90 Å². The van der Waals surface area contributed by atoms with Crippen LogP contribution in [0.15, 0.2) is 78.9 Å². The molecule has 0 aliphatic carbocycles. The maximum absolute atomic E-state index is 14.4. The molecular weight excluding hydrogens is 526 g/mol. The zero-order valence-electron chi connectivity index (χ0n) is 22.6. The molecule has 2 fully saturated rings. The van der Waals surface area contributed by atoms with Crippen LogP contribution in [0.2, 0.25) is 0 Å². The summed E-state index contributed by atoms with van der Waals surface area (Å²) in [6, 6.07) is 16.2. The SMILES string of the molecule is COc1ccc(N2CC=C[C@]34S[C@]5(C)C=CCN(Cc6ccccc6)C(=O)[C@@H]5[C@H]3C(=O)N(CCO)C4C2=O)cc1. The number of methoxy groups -OCH3 is 1. The number of fused-ring (bicyclic) bond motifs is 2. The summed E-state index contributed by atoms with van der Waals surface area (Å²) in [7, 11) is 1.59. The zero-order chi connectivity index (χ0) is 28.1. The number of amides is 3. The minimum absolute atomic E-state index is 0.0273. The molecule has 1 N–H and O–H groups in total. The van der Waals surface area contributed by atoms with Gasteiger partial charge in [-0.3, -0.25) is 14.4 Å².